The van der Waals surface area contributed by atoms with Gasteiger partial charge in [0.05, 0.1) is 12.8 Å². The Morgan fingerprint density at radius 2 is 1.64 bits per heavy atom. The van der Waals surface area contributed by atoms with E-state index < -0.39 is 39.3 Å². The number of ether oxygens (including phenoxy) is 1. The van der Waals surface area contributed by atoms with E-state index in [-0.39, 0.29) is 39.5 Å². The van der Waals surface area contributed by atoms with Crippen LogP contribution in [0, 0.1) is 29.7 Å². The number of anilines is 1. The summed E-state index contributed by atoms with van der Waals surface area (Å²) >= 11 is 7.26. The van der Waals surface area contributed by atoms with Crippen LogP contribution in [0.25, 0.3) is 11.1 Å². The summed E-state index contributed by atoms with van der Waals surface area (Å²) in [6.07, 6.45) is 1.42. The summed E-state index contributed by atoms with van der Waals surface area (Å²) in [6.45, 7) is 7.75. The fraction of sp³-hybridized carbons (Fsp3) is 0.457. The first-order valence-electron chi connectivity index (χ1n) is 15.9. The predicted molar refractivity (Wildman–Crippen MR) is 187 cm³/mol. The Morgan fingerprint density at radius 1 is 1.06 bits per heavy atom. The van der Waals surface area contributed by atoms with Crippen LogP contribution in [-0.4, -0.2) is 75.4 Å². The van der Waals surface area contributed by atoms with Crippen molar-refractivity contribution < 1.29 is 69.7 Å². The van der Waals surface area contributed by atoms with Crippen molar-refractivity contribution in [1.29, 1.82) is 0 Å². The third kappa shape index (κ3) is 12.7. The molecule has 0 fully saturated rings. The van der Waals surface area contributed by atoms with Gasteiger partial charge in [0.15, 0.2) is 0 Å². The number of sulfonamides is 1. The zero-order chi connectivity index (χ0) is 40.6. The van der Waals surface area contributed by atoms with Crippen LogP contribution >= 0.6 is 11.6 Å². The maximum Gasteiger partial charge on any atom is 0.516 e. The van der Waals surface area contributed by atoms with E-state index in [0.29, 0.717) is 44.4 Å². The molecule has 0 bridgehead atoms. The van der Waals surface area contributed by atoms with E-state index >= 15 is 0 Å². The molecule has 293 valence electrons. The number of hydrogen-bond donors (Lipinski definition) is 0. The molecule has 0 saturated carbocycles. The molecule has 1 atom stereocenters. The van der Waals surface area contributed by atoms with Crippen LogP contribution in [0.3, 0.4) is 0 Å². The number of pyridine rings is 2. The Hall–Kier alpha value is -3.15. The average molecular weight is 872 g/mol. The quantitative estimate of drug-likeness (QED) is 0.0568. The van der Waals surface area contributed by atoms with Gasteiger partial charge in [0.2, 0.25) is 0 Å². The number of hydrogen-bond acceptors (Lipinski definition) is 7. The van der Waals surface area contributed by atoms with Gasteiger partial charge in [-0.2, -0.15) is 34.1 Å². The van der Waals surface area contributed by atoms with Crippen LogP contribution in [-0.2, 0) is 57.5 Å². The number of rotatable bonds is 13. The summed E-state index contributed by atoms with van der Waals surface area (Å²) in [4.78, 5) is 28.6. The Kier molecular flexibility index (Phi) is 16.4. The third-order valence-electron chi connectivity index (χ3n) is 7.82. The van der Waals surface area contributed by atoms with Crippen molar-refractivity contribution in [3.8, 4) is 11.1 Å². The van der Waals surface area contributed by atoms with Crippen molar-refractivity contribution >= 4 is 39.6 Å². The second-order valence-electron chi connectivity index (χ2n) is 12.8. The zero-order valence-electron chi connectivity index (χ0n) is 30.4. The van der Waals surface area contributed by atoms with Gasteiger partial charge in [-0.3, -0.25) is 14.1 Å². The Bertz CT molecular complexity index is 1910. The van der Waals surface area contributed by atoms with Crippen molar-refractivity contribution in [2.45, 2.75) is 64.7 Å². The molecular formula is C35H41ClF6N4NbO5S-2. The molecule has 18 heteroatoms. The molecule has 0 aliphatic rings. The first-order chi connectivity index (χ1) is 24.3. The fourth-order valence-electron chi connectivity index (χ4n) is 5.23. The number of esters is 1. The summed E-state index contributed by atoms with van der Waals surface area (Å²) in [5.74, 6) is -0.198. The van der Waals surface area contributed by atoms with Crippen molar-refractivity contribution in [1.82, 2.24) is 14.5 Å². The zero-order valence-corrected chi connectivity index (χ0v) is 34.1. The first-order valence-corrected chi connectivity index (χ1v) is 18.9. The third-order valence-corrected chi connectivity index (χ3v) is 10.4. The molecule has 0 saturated heterocycles. The standard InChI is InChI=1S/C19H19ClF3N2O4S.C16H22F3N2O.Nb/c1-11-7-15(25(3)30(27,28)19(21,22)23)8-12(2)18(11)13-9-14(24-16(20)10-13)5-6-17(26)29-4;1-12(2)9-14(11-22)21-8-6-15(16(17,18)19)13(10-21)5-7-20(3)4;/h5,7-10H,6H2,1-4H3;6,10,12,14H,5,7,9H2,1-4H3;/q2*-1;. The predicted octanol–water partition coefficient (Wildman–Crippen LogP) is 7.81. The van der Waals surface area contributed by atoms with Gasteiger partial charge in [0, 0.05) is 7.05 Å². The fourth-order valence-corrected chi connectivity index (χ4v) is 6.94. The van der Waals surface area contributed by atoms with Crippen LogP contribution in [0.5, 0.6) is 0 Å². The van der Waals surface area contributed by atoms with Gasteiger partial charge >= 0.3 is 162 Å². The molecule has 1 aromatic carbocycles. The number of carbonyl (C=O) groups excluding carboxylic acids is 2. The summed E-state index contributed by atoms with van der Waals surface area (Å²) in [6, 6.07) is 6.54. The van der Waals surface area contributed by atoms with Gasteiger partial charge in [-0.1, -0.05) is 22.9 Å². The molecular weight excluding hydrogens is 831 g/mol. The van der Waals surface area contributed by atoms with E-state index in [1.807, 2.05) is 39.1 Å². The molecule has 53 heavy (non-hydrogen) atoms. The van der Waals surface area contributed by atoms with E-state index in [1.54, 1.807) is 30.5 Å². The average Bonchev–Trinajstić information content (AvgIpc) is 3.03. The van der Waals surface area contributed by atoms with E-state index in [4.69, 9.17) is 11.6 Å². The molecule has 0 spiro atoms. The minimum atomic E-state index is -5.52. The number of halogens is 7. The van der Waals surface area contributed by atoms with Gasteiger partial charge in [-0.15, -0.1) is 0 Å². The number of aryl methyl sites for hydroxylation is 2. The van der Waals surface area contributed by atoms with Crippen LogP contribution < -0.4 is 4.31 Å². The van der Waals surface area contributed by atoms with Crippen LogP contribution in [0.4, 0.5) is 32.0 Å². The van der Waals surface area contributed by atoms with Crippen LogP contribution in [0.15, 0.2) is 36.5 Å². The molecule has 1 unspecified atom stereocenters. The molecule has 3 aromatic rings. The first kappa shape index (κ1) is 46.0. The van der Waals surface area contributed by atoms with E-state index in [0.717, 1.165) is 13.1 Å². The van der Waals surface area contributed by atoms with Crippen molar-refractivity contribution in [3.63, 3.8) is 0 Å². The number of likely N-dealkylation sites (N-methyl/N-ethyl adjacent to an activating group) is 1. The minimum absolute atomic E-state index is 0.0136. The van der Waals surface area contributed by atoms with Crippen molar-refractivity contribution in [2.24, 2.45) is 5.92 Å². The number of nitrogens with zero attached hydrogens (tertiary/aromatic N) is 4. The molecule has 9 nitrogen and oxygen atoms in total. The number of methoxy groups -OCH3 is 1. The van der Waals surface area contributed by atoms with Gasteiger partial charge in [-0.05, 0) is 55.2 Å². The number of carbonyl (C=O) groups is 1. The number of aromatic nitrogens is 2. The molecule has 2 aromatic heterocycles. The SMILES string of the molecule is CC(C)CC([C-]=O)n1cc(CCN(C)C)c(C(F)(F)F)c[c]1=[Nb].COC(=O)C[CH-]c1cc(-c2c(C)cc(N(C)S(=O)(=O)C(F)(F)F)cc2C)cc(Cl)n1. The molecule has 0 aliphatic carbocycles. The van der Waals surface area contributed by atoms with E-state index in [9.17, 15) is 44.3 Å². The van der Waals surface area contributed by atoms with E-state index in [1.165, 1.54) is 52.5 Å². The van der Waals surface area contributed by atoms with E-state index in [2.05, 4.69) is 9.72 Å². The molecule has 0 radical (unpaired) electrons. The Balaban J connectivity index is 0.000000381. The minimum Gasteiger partial charge on any atom is -0.470 e. The van der Waals surface area contributed by atoms with Crippen LogP contribution in [0.1, 0.15) is 60.7 Å². The van der Waals surface area contributed by atoms with Crippen LogP contribution in [0.2, 0.25) is 5.15 Å². The van der Waals surface area contributed by atoms with Gasteiger partial charge in [0.1, 0.15) is 5.15 Å². The summed E-state index contributed by atoms with van der Waals surface area (Å²) in [5, 5.41) is 0.156. The second-order valence-corrected chi connectivity index (χ2v) is 16.2. The molecule has 0 N–H and O–H groups in total. The molecule has 0 amide bonds. The molecule has 3 rings (SSSR count). The van der Waals surface area contributed by atoms with Crippen molar-refractivity contribution in [2.75, 3.05) is 39.1 Å². The number of alkyl halides is 6. The van der Waals surface area contributed by atoms with Gasteiger partial charge in [-0.25, -0.2) is 0 Å². The topological polar surface area (TPSA) is 102 Å². The maximum absolute atomic E-state index is 13.3. The second kappa shape index (κ2) is 18.9. The Labute approximate surface area is 322 Å². The summed E-state index contributed by atoms with van der Waals surface area (Å²) in [7, 11) is 0.226. The van der Waals surface area contributed by atoms with Gasteiger partial charge < -0.3 is 4.74 Å². The monoisotopic (exact) mass is 871 g/mol. The summed E-state index contributed by atoms with van der Waals surface area (Å²) < 4.78 is 109. The normalized spacial score (nSPS) is 12.6. The Morgan fingerprint density at radius 3 is 2.11 bits per heavy atom. The maximum atomic E-state index is 13.3. The largest absolute Gasteiger partial charge is 0.516 e. The summed E-state index contributed by atoms with van der Waals surface area (Å²) in [5.41, 5.74) is -3.15. The van der Waals surface area contributed by atoms with Gasteiger partial charge in [0.25, 0.3) is 5.97 Å². The number of benzene rings is 1. The molecule has 2 heterocycles. The molecule has 0 aliphatic heterocycles. The smallest absolute Gasteiger partial charge is 0.470 e. The van der Waals surface area contributed by atoms with Crippen molar-refractivity contribution in [3.05, 3.63) is 79.5 Å².